The van der Waals surface area contributed by atoms with E-state index in [-0.39, 0.29) is 11.5 Å². The van der Waals surface area contributed by atoms with Crippen LogP contribution in [0.4, 0.5) is 0 Å². The predicted octanol–water partition coefficient (Wildman–Crippen LogP) is 5.39. The number of aromatic nitrogens is 2. The van der Waals surface area contributed by atoms with E-state index in [1.54, 1.807) is 12.1 Å². The van der Waals surface area contributed by atoms with Gasteiger partial charge in [0.1, 0.15) is 11.5 Å². The smallest absolute Gasteiger partial charge is 0.124 e. The summed E-state index contributed by atoms with van der Waals surface area (Å²) in [6, 6.07) is 19.0. The van der Waals surface area contributed by atoms with Crippen LogP contribution in [0.15, 0.2) is 73.1 Å². The summed E-state index contributed by atoms with van der Waals surface area (Å²) in [5.74, 6) is 0.265. The van der Waals surface area contributed by atoms with Gasteiger partial charge in [-0.25, -0.2) is 0 Å². The highest BCUT2D eigenvalue weighted by Crippen LogP contribution is 2.43. The molecule has 5 aromatic rings. The van der Waals surface area contributed by atoms with Gasteiger partial charge in [-0.2, -0.15) is 0 Å². The molecule has 126 valence electrons. The quantitative estimate of drug-likeness (QED) is 0.325. The maximum Gasteiger partial charge on any atom is 0.124 e. The van der Waals surface area contributed by atoms with Gasteiger partial charge in [0.25, 0.3) is 0 Å². The van der Waals surface area contributed by atoms with Gasteiger partial charge in [-0.1, -0.05) is 36.4 Å². The molecule has 0 saturated heterocycles. The van der Waals surface area contributed by atoms with E-state index < -0.39 is 0 Å². The number of rotatable bonds is 2. The first kappa shape index (κ1) is 14.7. The van der Waals surface area contributed by atoms with E-state index in [2.05, 4.69) is 9.97 Å². The Balaban J connectivity index is 1.71. The Kier molecular flexibility index (Phi) is 3.06. The van der Waals surface area contributed by atoms with Crippen molar-refractivity contribution in [2.45, 2.75) is 0 Å². The van der Waals surface area contributed by atoms with Gasteiger partial charge in [-0.3, -0.25) is 0 Å². The van der Waals surface area contributed by atoms with Crippen molar-refractivity contribution < 1.29 is 10.2 Å². The van der Waals surface area contributed by atoms with Crippen LogP contribution in [0.3, 0.4) is 0 Å². The molecule has 0 amide bonds. The van der Waals surface area contributed by atoms with Crippen LogP contribution in [0.1, 0.15) is 0 Å². The lowest BCUT2D eigenvalue weighted by Gasteiger charge is -2.09. The zero-order chi connectivity index (χ0) is 17.7. The average Bonchev–Trinajstić information content (AvgIpc) is 3.27. The summed E-state index contributed by atoms with van der Waals surface area (Å²) in [4.78, 5) is 6.40. The van der Waals surface area contributed by atoms with Gasteiger partial charge in [-0.15, -0.1) is 0 Å². The fourth-order valence-corrected chi connectivity index (χ4v) is 3.60. The van der Waals surface area contributed by atoms with Crippen LogP contribution in [0.5, 0.6) is 11.5 Å². The number of para-hydroxylation sites is 2. The summed E-state index contributed by atoms with van der Waals surface area (Å²) in [6.07, 6.45) is 3.70. The second kappa shape index (κ2) is 5.43. The summed E-state index contributed by atoms with van der Waals surface area (Å²) in [7, 11) is 0. The van der Waals surface area contributed by atoms with E-state index in [0.717, 1.165) is 32.9 Å². The van der Waals surface area contributed by atoms with Crippen molar-refractivity contribution in [3.63, 3.8) is 0 Å². The van der Waals surface area contributed by atoms with Crippen molar-refractivity contribution in [3.05, 3.63) is 73.1 Å². The summed E-state index contributed by atoms with van der Waals surface area (Å²) >= 11 is 0. The third kappa shape index (κ3) is 2.09. The molecule has 5 rings (SSSR count). The Bertz CT molecular complexity index is 1160. The van der Waals surface area contributed by atoms with E-state index in [1.807, 2.05) is 60.9 Å². The number of H-pyrrole nitrogens is 2. The van der Waals surface area contributed by atoms with Crippen molar-refractivity contribution in [2.24, 2.45) is 0 Å². The molecule has 4 nitrogen and oxygen atoms in total. The van der Waals surface area contributed by atoms with E-state index in [1.165, 1.54) is 0 Å². The highest BCUT2D eigenvalue weighted by molar-refractivity contribution is 6.00. The Morgan fingerprint density at radius 3 is 1.42 bits per heavy atom. The number of aromatic hydroxyl groups is 2. The minimum atomic E-state index is 0.132. The maximum absolute atomic E-state index is 10.7. The number of aromatic amines is 2. The summed E-state index contributed by atoms with van der Waals surface area (Å²) in [5.41, 5.74) is 4.90. The molecule has 2 heterocycles. The number of hydrogen-bond donors (Lipinski definition) is 4. The van der Waals surface area contributed by atoms with Crippen LogP contribution in [0.2, 0.25) is 0 Å². The van der Waals surface area contributed by atoms with Gasteiger partial charge < -0.3 is 20.2 Å². The molecule has 0 aliphatic rings. The standard InChI is InChI=1S/C22H16N2O2/c25-21-10-16(18-12-24-20-8-4-2-6-14(18)20)22(26)9-15(21)17-11-23-19-7-3-1-5-13(17)19/h1-12,23-26H. The summed E-state index contributed by atoms with van der Waals surface area (Å²) in [6.45, 7) is 0. The fraction of sp³-hybridized carbons (Fsp3) is 0. The monoisotopic (exact) mass is 340 g/mol. The summed E-state index contributed by atoms with van der Waals surface area (Å²) < 4.78 is 0. The van der Waals surface area contributed by atoms with Crippen molar-refractivity contribution in [1.82, 2.24) is 9.97 Å². The number of fused-ring (bicyclic) bond motifs is 2. The average molecular weight is 340 g/mol. The van der Waals surface area contributed by atoms with E-state index in [9.17, 15) is 10.2 Å². The molecule has 2 aromatic heterocycles. The molecule has 0 aliphatic carbocycles. The van der Waals surface area contributed by atoms with Crippen molar-refractivity contribution >= 4 is 21.8 Å². The molecule has 0 fully saturated rings. The normalized spacial score (nSPS) is 11.4. The summed E-state index contributed by atoms with van der Waals surface area (Å²) in [5, 5.41) is 23.4. The molecule has 0 unspecified atom stereocenters. The SMILES string of the molecule is Oc1cc(-c2c[nH]c3ccccc23)c(O)cc1-c1c[nH]c2ccccc12. The number of phenolic OH excluding ortho intramolecular Hbond substituents is 2. The maximum atomic E-state index is 10.7. The van der Waals surface area contributed by atoms with Crippen LogP contribution < -0.4 is 0 Å². The van der Waals surface area contributed by atoms with Crippen molar-refractivity contribution in [3.8, 4) is 33.8 Å². The molecule has 0 spiro atoms. The third-order valence-corrected chi connectivity index (χ3v) is 4.87. The van der Waals surface area contributed by atoms with E-state index in [0.29, 0.717) is 11.1 Å². The fourth-order valence-electron chi connectivity index (χ4n) is 3.60. The molecule has 0 aliphatic heterocycles. The molecule has 0 atom stereocenters. The zero-order valence-electron chi connectivity index (χ0n) is 13.8. The first-order valence-corrected chi connectivity index (χ1v) is 8.41. The predicted molar refractivity (Wildman–Crippen MR) is 104 cm³/mol. The largest absolute Gasteiger partial charge is 0.507 e. The Morgan fingerprint density at radius 1 is 0.538 bits per heavy atom. The Morgan fingerprint density at radius 2 is 0.962 bits per heavy atom. The van der Waals surface area contributed by atoms with Crippen LogP contribution in [0.25, 0.3) is 44.1 Å². The first-order chi connectivity index (χ1) is 12.7. The van der Waals surface area contributed by atoms with Crippen LogP contribution in [-0.4, -0.2) is 20.2 Å². The Hall–Kier alpha value is -3.66. The molecule has 3 aromatic carbocycles. The molecule has 4 N–H and O–H groups in total. The topological polar surface area (TPSA) is 72.0 Å². The lowest BCUT2D eigenvalue weighted by molar-refractivity contribution is 0.463. The van der Waals surface area contributed by atoms with Gasteiger partial charge in [-0.05, 0) is 24.3 Å². The number of benzene rings is 3. The molecular formula is C22H16N2O2. The van der Waals surface area contributed by atoms with Crippen molar-refractivity contribution in [1.29, 1.82) is 0 Å². The molecule has 0 bridgehead atoms. The Labute approximate surface area is 149 Å². The highest BCUT2D eigenvalue weighted by atomic mass is 16.3. The third-order valence-electron chi connectivity index (χ3n) is 4.87. The van der Waals surface area contributed by atoms with Gasteiger partial charge in [0.15, 0.2) is 0 Å². The van der Waals surface area contributed by atoms with Crippen LogP contribution in [-0.2, 0) is 0 Å². The van der Waals surface area contributed by atoms with E-state index in [4.69, 9.17) is 0 Å². The molecular weight excluding hydrogens is 324 g/mol. The minimum Gasteiger partial charge on any atom is -0.507 e. The molecule has 0 radical (unpaired) electrons. The van der Waals surface area contributed by atoms with Crippen molar-refractivity contribution in [2.75, 3.05) is 0 Å². The molecule has 0 saturated carbocycles. The van der Waals surface area contributed by atoms with Crippen LogP contribution in [0, 0.1) is 0 Å². The van der Waals surface area contributed by atoms with Gasteiger partial charge in [0, 0.05) is 56.5 Å². The second-order valence-electron chi connectivity index (χ2n) is 6.38. The van der Waals surface area contributed by atoms with Crippen LogP contribution >= 0.6 is 0 Å². The number of phenols is 2. The van der Waals surface area contributed by atoms with Gasteiger partial charge in [0.2, 0.25) is 0 Å². The first-order valence-electron chi connectivity index (χ1n) is 8.41. The van der Waals surface area contributed by atoms with E-state index >= 15 is 0 Å². The van der Waals surface area contributed by atoms with Gasteiger partial charge >= 0.3 is 0 Å². The lowest BCUT2D eigenvalue weighted by Crippen LogP contribution is -1.83. The number of hydrogen-bond acceptors (Lipinski definition) is 2. The number of nitrogens with one attached hydrogen (secondary N) is 2. The molecule has 26 heavy (non-hydrogen) atoms. The second-order valence-corrected chi connectivity index (χ2v) is 6.38. The minimum absolute atomic E-state index is 0.132. The zero-order valence-corrected chi connectivity index (χ0v) is 13.8. The lowest BCUT2D eigenvalue weighted by atomic mass is 9.97. The highest BCUT2D eigenvalue weighted by Gasteiger charge is 2.16. The van der Waals surface area contributed by atoms with Gasteiger partial charge in [0.05, 0.1) is 0 Å². The molecule has 4 heteroatoms.